The summed E-state index contributed by atoms with van der Waals surface area (Å²) in [6.07, 6.45) is 2.92. The summed E-state index contributed by atoms with van der Waals surface area (Å²) in [6.45, 7) is 2.14. The number of piperazine rings is 1. The zero-order valence-electron chi connectivity index (χ0n) is 14.4. The highest BCUT2D eigenvalue weighted by Crippen LogP contribution is 2.19. The summed E-state index contributed by atoms with van der Waals surface area (Å²) in [5, 5.41) is 1.68. The van der Waals surface area contributed by atoms with Crippen LogP contribution in [0.4, 0.5) is 0 Å². The molecule has 4 rings (SSSR count). The average molecular weight is 408 g/mol. The van der Waals surface area contributed by atoms with Crippen molar-refractivity contribution in [2.24, 2.45) is 0 Å². The lowest BCUT2D eigenvalue weighted by molar-refractivity contribution is 0.0666. The van der Waals surface area contributed by atoms with Gasteiger partial charge in [0.25, 0.3) is 21.5 Å². The van der Waals surface area contributed by atoms with Gasteiger partial charge in [-0.05, 0) is 19.1 Å². The number of rotatable bonds is 3. The molecule has 1 fully saturated rings. The minimum atomic E-state index is -4.01. The van der Waals surface area contributed by atoms with Crippen LogP contribution in [-0.4, -0.2) is 59.1 Å². The second-order valence-corrected chi connectivity index (χ2v) is 8.81. The second kappa shape index (κ2) is 6.59. The van der Waals surface area contributed by atoms with Gasteiger partial charge in [-0.1, -0.05) is 0 Å². The smallest absolute Gasteiger partial charge is 0.289 e. The van der Waals surface area contributed by atoms with Crippen LogP contribution >= 0.6 is 11.3 Å². The molecular weight excluding hydrogens is 392 g/mol. The minimum absolute atomic E-state index is 0.0972. The SMILES string of the molecule is Cc1nc2sccn2c(=O)c1S(=O)(=O)N1CCN(C(=O)c2ccco2)CC1. The van der Waals surface area contributed by atoms with Gasteiger partial charge in [0.15, 0.2) is 15.6 Å². The number of furan rings is 1. The molecule has 0 N–H and O–H groups in total. The predicted octanol–water partition coefficient (Wildman–Crippen LogP) is 0.804. The third-order valence-electron chi connectivity index (χ3n) is 4.45. The molecule has 0 aromatic carbocycles. The Morgan fingerprint density at radius 3 is 2.67 bits per heavy atom. The Morgan fingerprint density at radius 1 is 1.26 bits per heavy atom. The van der Waals surface area contributed by atoms with Crippen molar-refractivity contribution in [3.8, 4) is 0 Å². The summed E-state index contributed by atoms with van der Waals surface area (Å²) in [5.74, 6) is -0.0674. The van der Waals surface area contributed by atoms with E-state index in [2.05, 4.69) is 4.98 Å². The number of thiazole rings is 1. The summed E-state index contributed by atoms with van der Waals surface area (Å²) in [4.78, 5) is 30.9. The highest BCUT2D eigenvalue weighted by atomic mass is 32.2. The molecule has 0 atom stereocenters. The molecule has 0 aliphatic carbocycles. The van der Waals surface area contributed by atoms with Crippen molar-refractivity contribution in [3.05, 3.63) is 51.8 Å². The Labute approximate surface area is 158 Å². The highest BCUT2D eigenvalue weighted by molar-refractivity contribution is 7.89. The largest absolute Gasteiger partial charge is 0.459 e. The Balaban J connectivity index is 1.59. The van der Waals surface area contributed by atoms with Gasteiger partial charge in [0, 0.05) is 37.8 Å². The first-order valence-electron chi connectivity index (χ1n) is 8.19. The third-order valence-corrected chi connectivity index (χ3v) is 7.24. The van der Waals surface area contributed by atoms with E-state index in [-0.39, 0.29) is 48.4 Å². The maximum absolute atomic E-state index is 13.1. The van der Waals surface area contributed by atoms with E-state index in [9.17, 15) is 18.0 Å². The molecule has 0 radical (unpaired) electrons. The number of amides is 1. The first-order valence-corrected chi connectivity index (χ1v) is 10.5. The summed E-state index contributed by atoms with van der Waals surface area (Å²) in [7, 11) is -4.01. The molecule has 142 valence electrons. The Hall–Kier alpha value is -2.50. The van der Waals surface area contributed by atoms with Gasteiger partial charge in [-0.2, -0.15) is 4.31 Å². The minimum Gasteiger partial charge on any atom is -0.459 e. The molecule has 1 aliphatic heterocycles. The van der Waals surface area contributed by atoms with Gasteiger partial charge in [0.2, 0.25) is 0 Å². The van der Waals surface area contributed by atoms with Crippen molar-refractivity contribution in [2.45, 2.75) is 11.8 Å². The number of aryl methyl sites for hydroxylation is 1. The maximum atomic E-state index is 13.1. The molecule has 3 aromatic rings. The quantitative estimate of drug-likeness (QED) is 0.635. The van der Waals surface area contributed by atoms with Gasteiger partial charge in [0.1, 0.15) is 0 Å². The molecule has 9 nitrogen and oxygen atoms in total. The van der Waals surface area contributed by atoms with Gasteiger partial charge >= 0.3 is 0 Å². The van der Waals surface area contributed by atoms with Crippen molar-refractivity contribution in [3.63, 3.8) is 0 Å². The van der Waals surface area contributed by atoms with Crippen LogP contribution in [0.5, 0.6) is 0 Å². The fourth-order valence-electron chi connectivity index (χ4n) is 3.08. The van der Waals surface area contributed by atoms with E-state index in [1.54, 1.807) is 17.5 Å². The molecule has 27 heavy (non-hydrogen) atoms. The first-order chi connectivity index (χ1) is 12.9. The molecular formula is C16H16N4O5S2. The number of fused-ring (bicyclic) bond motifs is 1. The van der Waals surface area contributed by atoms with E-state index >= 15 is 0 Å². The fraction of sp³-hybridized carbons (Fsp3) is 0.312. The molecule has 11 heteroatoms. The van der Waals surface area contributed by atoms with Gasteiger partial charge in [0.05, 0.1) is 12.0 Å². The molecule has 1 aliphatic rings. The van der Waals surface area contributed by atoms with E-state index < -0.39 is 15.6 Å². The van der Waals surface area contributed by atoms with E-state index in [0.717, 1.165) is 0 Å². The normalized spacial score (nSPS) is 16.1. The van der Waals surface area contributed by atoms with E-state index in [1.165, 1.54) is 44.3 Å². The number of nitrogens with zero attached hydrogens (tertiary/aromatic N) is 4. The third kappa shape index (κ3) is 2.97. The zero-order valence-corrected chi connectivity index (χ0v) is 16.0. The van der Waals surface area contributed by atoms with Gasteiger partial charge in [-0.25, -0.2) is 13.4 Å². The predicted molar refractivity (Wildman–Crippen MR) is 97.4 cm³/mol. The molecule has 1 saturated heterocycles. The van der Waals surface area contributed by atoms with Gasteiger partial charge < -0.3 is 9.32 Å². The molecule has 3 aromatic heterocycles. The molecule has 0 saturated carbocycles. The van der Waals surface area contributed by atoms with E-state index in [1.807, 2.05) is 0 Å². The standard InChI is InChI=1S/C16H16N4O5S2/c1-11-13(15(22)20-8-10-26-16(20)17-11)27(23,24)19-6-4-18(5-7-19)14(21)12-3-2-9-25-12/h2-3,8-10H,4-7H2,1H3. The number of sulfonamides is 1. The van der Waals surface area contributed by atoms with Crippen LogP contribution < -0.4 is 5.56 Å². The van der Waals surface area contributed by atoms with Gasteiger partial charge in [-0.15, -0.1) is 11.3 Å². The number of hydrogen-bond donors (Lipinski definition) is 0. The Kier molecular flexibility index (Phi) is 4.36. The van der Waals surface area contributed by atoms with Crippen molar-refractivity contribution in [1.29, 1.82) is 0 Å². The number of aromatic nitrogens is 2. The lowest BCUT2D eigenvalue weighted by Crippen LogP contribution is -2.51. The van der Waals surface area contributed by atoms with Crippen LogP contribution in [0, 0.1) is 6.92 Å². The topological polar surface area (TPSA) is 105 Å². The van der Waals surface area contributed by atoms with E-state index in [0.29, 0.717) is 4.96 Å². The van der Waals surface area contributed by atoms with Crippen molar-refractivity contribution in [1.82, 2.24) is 18.6 Å². The maximum Gasteiger partial charge on any atom is 0.289 e. The average Bonchev–Trinajstić information content (AvgIpc) is 3.32. The van der Waals surface area contributed by atoms with Crippen molar-refractivity contribution >= 4 is 32.2 Å². The summed E-state index contributed by atoms with van der Waals surface area (Å²) >= 11 is 1.26. The van der Waals surface area contributed by atoms with Gasteiger partial charge in [-0.3, -0.25) is 14.0 Å². The molecule has 0 spiro atoms. The number of carbonyl (C=O) groups excluding carboxylic acids is 1. The fourth-order valence-corrected chi connectivity index (χ4v) is 5.47. The van der Waals surface area contributed by atoms with Crippen LogP contribution in [-0.2, 0) is 10.0 Å². The highest BCUT2D eigenvalue weighted by Gasteiger charge is 2.34. The summed E-state index contributed by atoms with van der Waals surface area (Å²) < 4.78 is 33.7. The first kappa shape index (κ1) is 17.9. The lowest BCUT2D eigenvalue weighted by Gasteiger charge is -2.33. The van der Waals surface area contributed by atoms with E-state index in [4.69, 9.17) is 4.42 Å². The second-order valence-electron chi connectivity index (χ2n) is 6.06. The molecule has 0 bridgehead atoms. The van der Waals surface area contributed by atoms with Crippen LogP contribution in [0.25, 0.3) is 4.96 Å². The molecule has 4 heterocycles. The summed E-state index contributed by atoms with van der Waals surface area (Å²) in [6, 6.07) is 3.19. The number of carbonyl (C=O) groups is 1. The Morgan fingerprint density at radius 2 is 2.00 bits per heavy atom. The van der Waals surface area contributed by atoms with Crippen LogP contribution in [0.15, 0.2) is 44.1 Å². The monoisotopic (exact) mass is 408 g/mol. The molecule has 1 amide bonds. The van der Waals surface area contributed by atoms with Crippen molar-refractivity contribution < 1.29 is 17.6 Å². The zero-order chi connectivity index (χ0) is 19.2. The van der Waals surface area contributed by atoms with Crippen LogP contribution in [0.1, 0.15) is 16.2 Å². The Bertz CT molecular complexity index is 1160. The lowest BCUT2D eigenvalue weighted by atomic mass is 10.3. The van der Waals surface area contributed by atoms with Crippen molar-refractivity contribution in [2.75, 3.05) is 26.2 Å². The van der Waals surface area contributed by atoms with Crippen LogP contribution in [0.2, 0.25) is 0 Å². The van der Waals surface area contributed by atoms with Crippen LogP contribution in [0.3, 0.4) is 0 Å². The number of hydrogen-bond acceptors (Lipinski definition) is 7. The summed E-state index contributed by atoms with van der Waals surface area (Å²) in [5.41, 5.74) is -0.426. The molecule has 0 unspecified atom stereocenters.